The topological polar surface area (TPSA) is 64.6 Å². The molecular formula is C23H37N3O4. The third-order valence-corrected chi connectivity index (χ3v) is 5.89. The first kappa shape index (κ1) is 22.7. The summed E-state index contributed by atoms with van der Waals surface area (Å²) >= 11 is 0. The molecule has 0 radical (unpaired) electrons. The molecule has 0 aliphatic carbocycles. The maximum atomic E-state index is 6.13. The van der Waals surface area contributed by atoms with Gasteiger partial charge < -0.3 is 29.2 Å². The minimum absolute atomic E-state index is 0.294. The highest BCUT2D eigenvalue weighted by atomic mass is 16.5. The molecule has 2 aliphatic rings. The van der Waals surface area contributed by atoms with Crippen molar-refractivity contribution in [3.8, 4) is 11.5 Å². The first-order chi connectivity index (χ1) is 14.7. The van der Waals surface area contributed by atoms with Crippen molar-refractivity contribution in [1.29, 1.82) is 0 Å². The van der Waals surface area contributed by atoms with Gasteiger partial charge in [0.2, 0.25) is 0 Å². The van der Waals surface area contributed by atoms with Crippen molar-refractivity contribution in [2.45, 2.75) is 50.7 Å². The number of likely N-dealkylation sites (tertiary alicyclic amines) is 1. The van der Waals surface area contributed by atoms with E-state index in [0.717, 1.165) is 76.0 Å². The summed E-state index contributed by atoms with van der Waals surface area (Å²) in [6.07, 6.45) is 7.16. The highest BCUT2D eigenvalue weighted by Crippen LogP contribution is 2.27. The molecule has 0 bridgehead atoms. The Balaban J connectivity index is 1.38. The number of nitrogens with one attached hydrogen (secondary N) is 1. The van der Waals surface area contributed by atoms with Crippen LogP contribution in [0.1, 0.15) is 37.7 Å². The summed E-state index contributed by atoms with van der Waals surface area (Å²) in [5, 5.41) is 3.50. The van der Waals surface area contributed by atoms with Gasteiger partial charge in [-0.15, -0.1) is 0 Å². The lowest BCUT2D eigenvalue weighted by atomic mass is 10.1. The molecule has 1 aromatic carbocycles. The maximum Gasteiger partial charge on any atom is 0.193 e. The molecule has 0 spiro atoms. The van der Waals surface area contributed by atoms with Gasteiger partial charge in [-0.3, -0.25) is 4.99 Å². The zero-order valence-electron chi connectivity index (χ0n) is 18.7. The fraction of sp³-hybridized carbons (Fsp3) is 0.696. The SMILES string of the molecule is CN=C(NCCc1ccc(OC)c(OC)c1)N1CCC(OCC2CCCCO2)CC1. The van der Waals surface area contributed by atoms with Crippen LogP contribution in [0, 0.1) is 0 Å². The van der Waals surface area contributed by atoms with Crippen LogP contribution in [0.5, 0.6) is 11.5 Å². The number of ether oxygens (including phenoxy) is 4. The van der Waals surface area contributed by atoms with E-state index in [9.17, 15) is 0 Å². The van der Waals surface area contributed by atoms with Gasteiger partial charge >= 0.3 is 0 Å². The molecule has 1 unspecified atom stereocenters. The highest BCUT2D eigenvalue weighted by Gasteiger charge is 2.23. The molecule has 2 saturated heterocycles. The molecule has 168 valence electrons. The molecule has 0 aromatic heterocycles. The van der Waals surface area contributed by atoms with Crippen LogP contribution in [-0.2, 0) is 15.9 Å². The summed E-state index contributed by atoms with van der Waals surface area (Å²) in [5.41, 5.74) is 1.20. The minimum atomic E-state index is 0.294. The van der Waals surface area contributed by atoms with Crippen LogP contribution in [0.4, 0.5) is 0 Å². The van der Waals surface area contributed by atoms with Gasteiger partial charge in [0.25, 0.3) is 0 Å². The van der Waals surface area contributed by atoms with E-state index in [2.05, 4.69) is 21.3 Å². The number of hydrogen-bond acceptors (Lipinski definition) is 5. The zero-order chi connectivity index (χ0) is 21.2. The van der Waals surface area contributed by atoms with Crippen LogP contribution >= 0.6 is 0 Å². The second kappa shape index (κ2) is 12.0. The van der Waals surface area contributed by atoms with E-state index < -0.39 is 0 Å². The Kier molecular flexibility index (Phi) is 9.08. The first-order valence-electron chi connectivity index (χ1n) is 11.1. The normalized spacial score (nSPS) is 20.8. The van der Waals surface area contributed by atoms with E-state index in [1.54, 1.807) is 14.2 Å². The molecule has 0 amide bonds. The fourth-order valence-corrected chi connectivity index (χ4v) is 4.10. The Bertz CT molecular complexity index is 668. The van der Waals surface area contributed by atoms with Crippen LogP contribution in [0.3, 0.4) is 0 Å². The molecular weight excluding hydrogens is 382 g/mol. The lowest BCUT2D eigenvalue weighted by molar-refractivity contribution is -0.0721. The Labute approximate surface area is 180 Å². The van der Waals surface area contributed by atoms with Gasteiger partial charge in [0.15, 0.2) is 17.5 Å². The molecule has 1 atom stereocenters. The van der Waals surface area contributed by atoms with Crippen LogP contribution in [0.15, 0.2) is 23.2 Å². The lowest BCUT2D eigenvalue weighted by Crippen LogP contribution is -2.47. The lowest BCUT2D eigenvalue weighted by Gasteiger charge is -2.35. The predicted molar refractivity (Wildman–Crippen MR) is 119 cm³/mol. The van der Waals surface area contributed by atoms with Crippen molar-refractivity contribution in [2.24, 2.45) is 4.99 Å². The number of benzene rings is 1. The summed E-state index contributed by atoms with van der Waals surface area (Å²) in [5.74, 6) is 2.48. The van der Waals surface area contributed by atoms with Gasteiger partial charge in [0.1, 0.15) is 0 Å². The molecule has 7 heteroatoms. The van der Waals surface area contributed by atoms with Crippen LogP contribution in [0.2, 0.25) is 0 Å². The van der Waals surface area contributed by atoms with Crippen molar-refractivity contribution in [1.82, 2.24) is 10.2 Å². The summed E-state index contributed by atoms with van der Waals surface area (Å²) in [6.45, 7) is 4.37. The summed E-state index contributed by atoms with van der Waals surface area (Å²) < 4.78 is 22.6. The van der Waals surface area contributed by atoms with Crippen LogP contribution in [0.25, 0.3) is 0 Å². The largest absolute Gasteiger partial charge is 0.493 e. The Morgan fingerprint density at radius 3 is 2.60 bits per heavy atom. The van der Waals surface area contributed by atoms with Gasteiger partial charge in [0.05, 0.1) is 33.0 Å². The number of aliphatic imine (C=N–C) groups is 1. The zero-order valence-corrected chi connectivity index (χ0v) is 18.7. The number of guanidine groups is 1. The van der Waals surface area contributed by atoms with E-state index in [4.69, 9.17) is 18.9 Å². The molecule has 2 heterocycles. The molecule has 30 heavy (non-hydrogen) atoms. The van der Waals surface area contributed by atoms with Crippen LogP contribution in [-0.4, -0.2) is 77.2 Å². The standard InChI is InChI=1S/C23H37N3O4/c1-24-23(25-12-9-18-7-8-21(27-2)22(16-18)28-3)26-13-10-19(11-14-26)30-17-20-6-4-5-15-29-20/h7-8,16,19-20H,4-6,9-15,17H2,1-3H3,(H,24,25). The molecule has 1 aromatic rings. The van der Waals surface area contributed by atoms with Crippen molar-refractivity contribution >= 4 is 5.96 Å². The Morgan fingerprint density at radius 2 is 1.93 bits per heavy atom. The van der Waals surface area contributed by atoms with Crippen LogP contribution < -0.4 is 14.8 Å². The number of piperidine rings is 1. The van der Waals surface area contributed by atoms with E-state index in [0.29, 0.717) is 12.2 Å². The predicted octanol–water partition coefficient (Wildman–Crippen LogP) is 2.87. The average molecular weight is 420 g/mol. The second-order valence-corrected chi connectivity index (χ2v) is 7.92. The van der Waals surface area contributed by atoms with Gasteiger partial charge in [-0.05, 0) is 56.2 Å². The van der Waals surface area contributed by atoms with Gasteiger partial charge in [-0.2, -0.15) is 0 Å². The smallest absolute Gasteiger partial charge is 0.193 e. The minimum Gasteiger partial charge on any atom is -0.493 e. The third-order valence-electron chi connectivity index (χ3n) is 5.89. The first-order valence-corrected chi connectivity index (χ1v) is 11.1. The van der Waals surface area contributed by atoms with Crippen molar-refractivity contribution in [3.63, 3.8) is 0 Å². The Morgan fingerprint density at radius 1 is 1.13 bits per heavy atom. The monoisotopic (exact) mass is 419 g/mol. The highest BCUT2D eigenvalue weighted by molar-refractivity contribution is 5.80. The molecule has 7 nitrogen and oxygen atoms in total. The summed E-state index contributed by atoms with van der Waals surface area (Å²) in [6, 6.07) is 6.05. The molecule has 3 rings (SSSR count). The van der Waals surface area contributed by atoms with Gasteiger partial charge in [0, 0.05) is 33.3 Å². The average Bonchev–Trinajstić information content (AvgIpc) is 2.81. The van der Waals surface area contributed by atoms with Crippen molar-refractivity contribution in [3.05, 3.63) is 23.8 Å². The quantitative estimate of drug-likeness (QED) is 0.516. The fourth-order valence-electron chi connectivity index (χ4n) is 4.10. The molecule has 0 saturated carbocycles. The number of methoxy groups -OCH3 is 2. The third kappa shape index (κ3) is 6.51. The van der Waals surface area contributed by atoms with Gasteiger partial charge in [-0.1, -0.05) is 6.07 Å². The van der Waals surface area contributed by atoms with E-state index in [-0.39, 0.29) is 0 Å². The summed E-state index contributed by atoms with van der Waals surface area (Å²) in [4.78, 5) is 6.80. The van der Waals surface area contributed by atoms with Gasteiger partial charge in [-0.25, -0.2) is 0 Å². The van der Waals surface area contributed by atoms with E-state index in [1.165, 1.54) is 18.4 Å². The van der Waals surface area contributed by atoms with E-state index in [1.807, 2.05) is 19.2 Å². The summed E-state index contributed by atoms with van der Waals surface area (Å²) in [7, 11) is 5.17. The molecule has 2 aliphatic heterocycles. The number of hydrogen-bond donors (Lipinski definition) is 1. The molecule has 1 N–H and O–H groups in total. The van der Waals surface area contributed by atoms with E-state index >= 15 is 0 Å². The maximum absolute atomic E-state index is 6.13. The second-order valence-electron chi connectivity index (χ2n) is 7.92. The number of nitrogens with zero attached hydrogens (tertiary/aromatic N) is 2. The number of rotatable bonds is 8. The molecule has 2 fully saturated rings. The van der Waals surface area contributed by atoms with Crippen molar-refractivity contribution in [2.75, 3.05) is 54.1 Å². The van der Waals surface area contributed by atoms with Crippen molar-refractivity contribution < 1.29 is 18.9 Å². The Hall–Kier alpha value is -1.99.